The number of ether oxygens (including phenoxy) is 1. The fourth-order valence-corrected chi connectivity index (χ4v) is 4.30. The number of benzene rings is 2. The van der Waals surface area contributed by atoms with Gasteiger partial charge in [0.1, 0.15) is 11.8 Å². The predicted molar refractivity (Wildman–Crippen MR) is 136 cm³/mol. The Bertz CT molecular complexity index is 1450. The van der Waals surface area contributed by atoms with E-state index in [-0.39, 0.29) is 5.91 Å². The molecule has 176 valence electrons. The van der Waals surface area contributed by atoms with Crippen LogP contribution >= 0.6 is 23.2 Å². The Hall–Kier alpha value is -3.88. The van der Waals surface area contributed by atoms with Crippen LogP contribution in [0.1, 0.15) is 18.5 Å². The number of nitrogens with zero attached hydrogens (tertiary/aromatic N) is 4. The van der Waals surface area contributed by atoms with E-state index in [0.29, 0.717) is 44.5 Å². The number of amides is 1. The SMILES string of the molecule is COc1ccccc1NC(=O)C1=C(C)Nc2nc(-c3ccncc3)nn2C1c1ccc(Cl)c(Cl)c1. The number of nitrogens with one attached hydrogen (secondary N) is 2. The number of methoxy groups -OCH3 is 1. The van der Waals surface area contributed by atoms with Gasteiger partial charge in [0.25, 0.3) is 5.91 Å². The van der Waals surface area contributed by atoms with Gasteiger partial charge in [-0.2, -0.15) is 4.98 Å². The fourth-order valence-electron chi connectivity index (χ4n) is 4.00. The standard InChI is InChI=1S/C25H20Cl2N6O2/c1-14-21(24(34)30-19-5-3-4-6-20(19)35-2)22(16-7-8-17(26)18(27)13-16)33-25(29-14)31-23(32-33)15-9-11-28-12-10-15/h3-13,22H,1-2H3,(H,30,34)(H,29,31,32). The van der Waals surface area contributed by atoms with Gasteiger partial charge in [0.05, 0.1) is 28.4 Å². The van der Waals surface area contributed by atoms with E-state index in [4.69, 9.17) is 33.0 Å². The maximum atomic E-state index is 13.7. The number of allylic oxidation sites excluding steroid dienone is 1. The Labute approximate surface area is 211 Å². The van der Waals surface area contributed by atoms with Gasteiger partial charge in [-0.3, -0.25) is 9.78 Å². The Morgan fingerprint density at radius 1 is 1.09 bits per heavy atom. The molecule has 0 radical (unpaired) electrons. The summed E-state index contributed by atoms with van der Waals surface area (Å²) in [5, 5.41) is 11.7. The first kappa shape index (κ1) is 22.9. The van der Waals surface area contributed by atoms with Crippen LogP contribution in [0, 0.1) is 0 Å². The largest absolute Gasteiger partial charge is 0.495 e. The molecule has 2 N–H and O–H groups in total. The Kier molecular flexibility index (Phi) is 6.15. The highest BCUT2D eigenvalue weighted by molar-refractivity contribution is 6.42. The second kappa shape index (κ2) is 9.40. The molecule has 10 heteroatoms. The smallest absolute Gasteiger partial charge is 0.255 e. The third-order valence-electron chi connectivity index (χ3n) is 5.65. The predicted octanol–water partition coefficient (Wildman–Crippen LogP) is 5.58. The molecule has 2 aromatic carbocycles. The van der Waals surface area contributed by atoms with Gasteiger partial charge >= 0.3 is 0 Å². The highest BCUT2D eigenvalue weighted by atomic mass is 35.5. The first-order valence-corrected chi connectivity index (χ1v) is 11.5. The first-order valence-electron chi connectivity index (χ1n) is 10.7. The van der Waals surface area contributed by atoms with Crippen LogP contribution in [0.15, 0.2) is 78.3 Å². The van der Waals surface area contributed by atoms with E-state index >= 15 is 0 Å². The highest BCUT2D eigenvalue weighted by Crippen LogP contribution is 2.39. The normalized spacial score (nSPS) is 14.8. The topological polar surface area (TPSA) is 94.0 Å². The van der Waals surface area contributed by atoms with Crippen LogP contribution in [0.5, 0.6) is 5.75 Å². The summed E-state index contributed by atoms with van der Waals surface area (Å²) >= 11 is 12.5. The third-order valence-corrected chi connectivity index (χ3v) is 6.39. The summed E-state index contributed by atoms with van der Waals surface area (Å²) in [6.07, 6.45) is 3.35. The van der Waals surface area contributed by atoms with Gasteiger partial charge in [-0.15, -0.1) is 5.10 Å². The number of para-hydroxylation sites is 2. The van der Waals surface area contributed by atoms with Crippen molar-refractivity contribution >= 4 is 40.7 Å². The molecular weight excluding hydrogens is 487 g/mol. The van der Waals surface area contributed by atoms with Crippen LogP contribution < -0.4 is 15.4 Å². The van der Waals surface area contributed by atoms with Gasteiger partial charge in [0.15, 0.2) is 5.82 Å². The Morgan fingerprint density at radius 3 is 2.60 bits per heavy atom. The number of halogens is 2. The van der Waals surface area contributed by atoms with Crippen molar-refractivity contribution in [3.05, 3.63) is 93.9 Å². The summed E-state index contributed by atoms with van der Waals surface area (Å²) < 4.78 is 7.08. The molecule has 0 bridgehead atoms. The summed E-state index contributed by atoms with van der Waals surface area (Å²) in [5.74, 6) is 1.23. The average molecular weight is 507 g/mol. The molecular formula is C25H20Cl2N6O2. The highest BCUT2D eigenvalue weighted by Gasteiger charge is 2.35. The number of carbonyl (C=O) groups excluding carboxylic acids is 1. The van der Waals surface area contributed by atoms with E-state index in [1.807, 2.05) is 37.3 Å². The molecule has 1 aliphatic rings. The fraction of sp³-hybridized carbons (Fsp3) is 0.120. The minimum atomic E-state index is -0.612. The van der Waals surface area contributed by atoms with Crippen LogP contribution in [0.4, 0.5) is 11.6 Å². The molecule has 1 aliphatic heterocycles. The Morgan fingerprint density at radius 2 is 1.86 bits per heavy atom. The van der Waals surface area contributed by atoms with Crippen molar-refractivity contribution in [2.24, 2.45) is 0 Å². The molecule has 1 amide bonds. The van der Waals surface area contributed by atoms with Crippen LogP contribution in [-0.4, -0.2) is 32.8 Å². The lowest BCUT2D eigenvalue weighted by molar-refractivity contribution is -0.113. The average Bonchev–Trinajstić information content (AvgIpc) is 3.29. The lowest BCUT2D eigenvalue weighted by Crippen LogP contribution is -2.31. The molecule has 4 aromatic rings. The summed E-state index contributed by atoms with van der Waals surface area (Å²) in [4.78, 5) is 22.4. The number of hydrogen-bond donors (Lipinski definition) is 2. The van der Waals surface area contributed by atoms with Crippen molar-refractivity contribution in [1.29, 1.82) is 0 Å². The molecule has 3 heterocycles. The molecule has 0 saturated heterocycles. The molecule has 8 nitrogen and oxygen atoms in total. The second-order valence-corrected chi connectivity index (χ2v) is 8.65. The maximum Gasteiger partial charge on any atom is 0.255 e. The minimum absolute atomic E-state index is 0.317. The van der Waals surface area contributed by atoms with Crippen molar-refractivity contribution < 1.29 is 9.53 Å². The quantitative estimate of drug-likeness (QED) is 0.366. The number of fused-ring (bicyclic) bond motifs is 1. The molecule has 2 aromatic heterocycles. The maximum absolute atomic E-state index is 13.7. The van der Waals surface area contributed by atoms with Crippen molar-refractivity contribution in [3.63, 3.8) is 0 Å². The van der Waals surface area contributed by atoms with Gasteiger partial charge in [0, 0.05) is 23.7 Å². The lowest BCUT2D eigenvalue weighted by Gasteiger charge is -2.29. The number of pyridine rings is 1. The molecule has 0 fully saturated rings. The summed E-state index contributed by atoms with van der Waals surface area (Å²) in [6, 6.07) is 15.5. The van der Waals surface area contributed by atoms with Crippen LogP contribution in [-0.2, 0) is 4.79 Å². The number of rotatable bonds is 5. The van der Waals surface area contributed by atoms with E-state index in [2.05, 4.69) is 20.6 Å². The zero-order valence-electron chi connectivity index (χ0n) is 18.8. The van der Waals surface area contributed by atoms with Crippen LogP contribution in [0.3, 0.4) is 0 Å². The molecule has 0 aliphatic carbocycles. The number of carbonyl (C=O) groups is 1. The zero-order valence-corrected chi connectivity index (χ0v) is 20.3. The van der Waals surface area contributed by atoms with Crippen LogP contribution in [0.25, 0.3) is 11.4 Å². The van der Waals surface area contributed by atoms with Gasteiger partial charge in [-0.25, -0.2) is 4.68 Å². The van der Waals surface area contributed by atoms with Gasteiger partial charge < -0.3 is 15.4 Å². The van der Waals surface area contributed by atoms with Gasteiger partial charge in [0.2, 0.25) is 5.95 Å². The summed E-state index contributed by atoms with van der Waals surface area (Å²) in [7, 11) is 1.55. The Balaban J connectivity index is 1.62. The van der Waals surface area contributed by atoms with Crippen molar-refractivity contribution in [1.82, 2.24) is 19.7 Å². The molecule has 35 heavy (non-hydrogen) atoms. The first-order chi connectivity index (χ1) is 17.0. The summed E-state index contributed by atoms with van der Waals surface area (Å²) in [6.45, 7) is 1.83. The minimum Gasteiger partial charge on any atom is -0.495 e. The van der Waals surface area contributed by atoms with E-state index < -0.39 is 6.04 Å². The van der Waals surface area contributed by atoms with E-state index in [9.17, 15) is 4.79 Å². The van der Waals surface area contributed by atoms with E-state index in [1.165, 1.54) is 0 Å². The van der Waals surface area contributed by atoms with Crippen LogP contribution in [0.2, 0.25) is 10.0 Å². The monoisotopic (exact) mass is 506 g/mol. The third kappa shape index (κ3) is 4.34. The molecule has 1 unspecified atom stereocenters. The van der Waals surface area contributed by atoms with E-state index in [1.54, 1.807) is 48.5 Å². The molecule has 0 spiro atoms. The molecule has 0 saturated carbocycles. The zero-order chi connectivity index (χ0) is 24.5. The van der Waals surface area contributed by atoms with Crippen molar-refractivity contribution in [3.8, 4) is 17.1 Å². The number of aromatic nitrogens is 4. The van der Waals surface area contributed by atoms with Crippen molar-refractivity contribution in [2.75, 3.05) is 17.7 Å². The molecule has 1 atom stereocenters. The lowest BCUT2D eigenvalue weighted by atomic mass is 9.95. The summed E-state index contributed by atoms with van der Waals surface area (Å²) in [5.41, 5.74) is 3.17. The number of anilines is 2. The van der Waals surface area contributed by atoms with Gasteiger partial charge in [-0.05, 0) is 48.9 Å². The number of hydrogen-bond acceptors (Lipinski definition) is 6. The van der Waals surface area contributed by atoms with Crippen molar-refractivity contribution in [2.45, 2.75) is 13.0 Å². The molecule has 5 rings (SSSR count). The van der Waals surface area contributed by atoms with Gasteiger partial charge in [-0.1, -0.05) is 41.4 Å². The second-order valence-electron chi connectivity index (χ2n) is 7.83. The van der Waals surface area contributed by atoms with E-state index in [0.717, 1.165) is 11.1 Å².